The van der Waals surface area contributed by atoms with Gasteiger partial charge in [-0.3, -0.25) is 10.1 Å². The molecule has 116 valence electrons. The lowest BCUT2D eigenvalue weighted by molar-refractivity contribution is -0.385. The summed E-state index contributed by atoms with van der Waals surface area (Å²) in [7, 11) is 0. The van der Waals surface area contributed by atoms with Gasteiger partial charge in [-0.25, -0.2) is 4.98 Å². The second kappa shape index (κ2) is 6.54. The quantitative estimate of drug-likeness (QED) is 0.630. The largest absolute Gasteiger partial charge is 0.490 e. The number of nitriles is 1. The van der Waals surface area contributed by atoms with Gasteiger partial charge in [-0.2, -0.15) is 5.26 Å². The Hall–Kier alpha value is -2.79. The second-order valence-electron chi connectivity index (χ2n) is 4.65. The lowest BCUT2D eigenvalue weighted by Gasteiger charge is -2.09. The van der Waals surface area contributed by atoms with E-state index in [1.165, 1.54) is 23.9 Å². The van der Waals surface area contributed by atoms with Gasteiger partial charge in [0.1, 0.15) is 11.1 Å². The van der Waals surface area contributed by atoms with Crippen LogP contribution in [-0.4, -0.2) is 23.1 Å². The SMILES string of the molecule is N#Cc1nc(Sc2ccc3c(c2)OCCCO3)ccc1[N+](=O)[O-]. The van der Waals surface area contributed by atoms with Gasteiger partial charge in [0, 0.05) is 17.4 Å². The minimum Gasteiger partial charge on any atom is -0.490 e. The zero-order valence-corrected chi connectivity index (χ0v) is 12.7. The topological polar surface area (TPSA) is 98.3 Å². The highest BCUT2D eigenvalue weighted by atomic mass is 32.2. The van der Waals surface area contributed by atoms with Crippen LogP contribution < -0.4 is 9.47 Å². The highest BCUT2D eigenvalue weighted by Gasteiger charge is 2.17. The second-order valence-corrected chi connectivity index (χ2v) is 5.74. The van der Waals surface area contributed by atoms with E-state index in [0.29, 0.717) is 29.7 Å². The third-order valence-electron chi connectivity index (χ3n) is 3.09. The first-order chi connectivity index (χ1) is 11.2. The number of hydrogen-bond donors (Lipinski definition) is 0. The Balaban J connectivity index is 1.86. The van der Waals surface area contributed by atoms with Crippen LogP contribution in [0.2, 0.25) is 0 Å². The van der Waals surface area contributed by atoms with Gasteiger partial charge in [-0.15, -0.1) is 0 Å². The number of fused-ring (bicyclic) bond motifs is 1. The van der Waals surface area contributed by atoms with Crippen LogP contribution in [0.25, 0.3) is 0 Å². The van der Waals surface area contributed by atoms with Crippen molar-refractivity contribution in [3.05, 3.63) is 46.1 Å². The molecule has 0 saturated heterocycles. The molecule has 1 aliphatic rings. The van der Waals surface area contributed by atoms with Gasteiger partial charge in [-0.1, -0.05) is 11.8 Å². The van der Waals surface area contributed by atoms with Crippen LogP contribution in [-0.2, 0) is 0 Å². The summed E-state index contributed by atoms with van der Waals surface area (Å²) in [6, 6.07) is 10.1. The Labute approximate surface area is 136 Å². The summed E-state index contributed by atoms with van der Waals surface area (Å²) < 4.78 is 11.2. The Morgan fingerprint density at radius 2 is 2.00 bits per heavy atom. The lowest BCUT2D eigenvalue weighted by Crippen LogP contribution is -1.97. The predicted molar refractivity (Wildman–Crippen MR) is 81.8 cm³/mol. The van der Waals surface area contributed by atoms with Gasteiger partial charge >= 0.3 is 5.69 Å². The van der Waals surface area contributed by atoms with Crippen molar-refractivity contribution in [2.24, 2.45) is 0 Å². The van der Waals surface area contributed by atoms with Crippen molar-refractivity contribution in [3.8, 4) is 17.6 Å². The van der Waals surface area contributed by atoms with Crippen molar-refractivity contribution in [3.63, 3.8) is 0 Å². The molecule has 0 atom stereocenters. The van der Waals surface area contributed by atoms with Crippen LogP contribution in [0, 0.1) is 21.4 Å². The molecule has 0 amide bonds. The average Bonchev–Trinajstić information content (AvgIpc) is 2.79. The van der Waals surface area contributed by atoms with E-state index in [4.69, 9.17) is 14.7 Å². The molecule has 0 saturated carbocycles. The van der Waals surface area contributed by atoms with E-state index >= 15 is 0 Å². The van der Waals surface area contributed by atoms with Crippen LogP contribution in [0.4, 0.5) is 5.69 Å². The third kappa shape index (κ3) is 3.35. The molecule has 1 aromatic carbocycles. The van der Waals surface area contributed by atoms with Crippen molar-refractivity contribution in [1.82, 2.24) is 4.98 Å². The van der Waals surface area contributed by atoms with Crippen LogP contribution >= 0.6 is 11.8 Å². The molecular weight excluding hydrogens is 318 g/mol. The van der Waals surface area contributed by atoms with Crippen LogP contribution in [0.3, 0.4) is 0 Å². The zero-order chi connectivity index (χ0) is 16.2. The van der Waals surface area contributed by atoms with Crippen molar-refractivity contribution in [1.29, 1.82) is 5.26 Å². The van der Waals surface area contributed by atoms with Gasteiger partial charge in [0.05, 0.1) is 18.1 Å². The van der Waals surface area contributed by atoms with Gasteiger partial charge in [0.25, 0.3) is 0 Å². The molecule has 0 radical (unpaired) electrons. The molecule has 1 aliphatic heterocycles. The van der Waals surface area contributed by atoms with E-state index in [-0.39, 0.29) is 11.4 Å². The first kappa shape index (κ1) is 15.1. The first-order valence-corrected chi connectivity index (χ1v) is 7.62. The number of nitro groups is 1. The number of ether oxygens (including phenoxy) is 2. The fourth-order valence-electron chi connectivity index (χ4n) is 2.05. The summed E-state index contributed by atoms with van der Waals surface area (Å²) in [6.07, 6.45) is 0.826. The molecule has 0 unspecified atom stereocenters. The van der Waals surface area contributed by atoms with Crippen LogP contribution in [0.15, 0.2) is 40.3 Å². The van der Waals surface area contributed by atoms with Gasteiger partial charge in [-0.05, 0) is 24.3 Å². The highest BCUT2D eigenvalue weighted by Crippen LogP contribution is 2.36. The minimum absolute atomic E-state index is 0.200. The van der Waals surface area contributed by atoms with E-state index in [2.05, 4.69) is 4.98 Å². The Morgan fingerprint density at radius 3 is 2.74 bits per heavy atom. The summed E-state index contributed by atoms with van der Waals surface area (Å²) in [5.74, 6) is 1.36. The number of rotatable bonds is 3. The van der Waals surface area contributed by atoms with Gasteiger partial charge in [0.2, 0.25) is 5.69 Å². The molecule has 0 N–H and O–H groups in total. The number of aromatic nitrogens is 1. The average molecular weight is 329 g/mol. The molecule has 0 aliphatic carbocycles. The van der Waals surface area contributed by atoms with E-state index in [1.807, 2.05) is 18.2 Å². The molecule has 1 aromatic heterocycles. The number of benzene rings is 1. The molecule has 23 heavy (non-hydrogen) atoms. The zero-order valence-electron chi connectivity index (χ0n) is 11.9. The summed E-state index contributed by atoms with van der Waals surface area (Å²) in [6.45, 7) is 1.21. The number of nitrogens with zero attached hydrogens (tertiary/aromatic N) is 3. The Morgan fingerprint density at radius 1 is 1.22 bits per heavy atom. The molecule has 2 aromatic rings. The lowest BCUT2D eigenvalue weighted by atomic mass is 10.3. The van der Waals surface area contributed by atoms with Crippen molar-refractivity contribution < 1.29 is 14.4 Å². The predicted octanol–water partition coefficient (Wildman–Crippen LogP) is 3.17. The maximum atomic E-state index is 10.8. The molecule has 7 nitrogen and oxygen atoms in total. The van der Waals surface area contributed by atoms with Crippen molar-refractivity contribution in [2.75, 3.05) is 13.2 Å². The van der Waals surface area contributed by atoms with Gasteiger partial charge < -0.3 is 9.47 Å². The maximum Gasteiger partial charge on any atom is 0.305 e. The minimum atomic E-state index is -0.617. The monoisotopic (exact) mass is 329 g/mol. The Bertz CT molecular complexity index is 804. The summed E-state index contributed by atoms with van der Waals surface area (Å²) in [4.78, 5) is 15.1. The molecule has 8 heteroatoms. The highest BCUT2D eigenvalue weighted by molar-refractivity contribution is 7.99. The fourth-order valence-corrected chi connectivity index (χ4v) is 2.86. The van der Waals surface area contributed by atoms with Crippen molar-refractivity contribution in [2.45, 2.75) is 16.3 Å². The van der Waals surface area contributed by atoms with Crippen LogP contribution in [0.5, 0.6) is 11.5 Å². The fraction of sp³-hybridized carbons (Fsp3) is 0.200. The molecule has 0 bridgehead atoms. The standard InChI is InChI=1S/C15H11N3O4S/c16-9-11-12(18(19)20)3-5-15(17-11)23-10-2-4-13-14(8-10)22-7-1-6-21-13/h2-5,8H,1,6-7H2. The van der Waals surface area contributed by atoms with E-state index in [0.717, 1.165) is 11.3 Å². The number of pyridine rings is 1. The third-order valence-corrected chi connectivity index (χ3v) is 4.02. The van der Waals surface area contributed by atoms with E-state index in [1.54, 1.807) is 6.07 Å². The number of hydrogen-bond acceptors (Lipinski definition) is 7. The summed E-state index contributed by atoms with van der Waals surface area (Å²) >= 11 is 1.30. The van der Waals surface area contributed by atoms with Crippen molar-refractivity contribution >= 4 is 17.4 Å². The van der Waals surface area contributed by atoms with Gasteiger partial charge in [0.15, 0.2) is 11.5 Å². The first-order valence-electron chi connectivity index (χ1n) is 6.80. The summed E-state index contributed by atoms with van der Waals surface area (Å²) in [5.41, 5.74) is -0.496. The van der Waals surface area contributed by atoms with E-state index < -0.39 is 4.92 Å². The normalized spacial score (nSPS) is 13.0. The Kier molecular flexibility index (Phi) is 4.30. The molecule has 0 spiro atoms. The molecule has 3 rings (SSSR count). The molecular formula is C15H11N3O4S. The summed E-state index contributed by atoms with van der Waals surface area (Å²) in [5, 5.41) is 20.3. The van der Waals surface area contributed by atoms with Crippen LogP contribution in [0.1, 0.15) is 12.1 Å². The molecule has 2 heterocycles. The smallest absolute Gasteiger partial charge is 0.305 e. The molecule has 0 fully saturated rings. The maximum absolute atomic E-state index is 10.8. The van der Waals surface area contributed by atoms with E-state index in [9.17, 15) is 10.1 Å².